The molecule has 0 saturated heterocycles. The number of benzene rings is 1. The molecule has 110 valence electrons. The standard InChI is InChI=1S/C13H12Cl2N4O2/c14-9-3-8(4-10(15)5-9)12(13(20)21)18-1-2-19-11(6-18)16-7-17-19/h3-5,7,12H,1-2,6H2,(H,20,21). The summed E-state index contributed by atoms with van der Waals surface area (Å²) >= 11 is 12.0. The van der Waals surface area contributed by atoms with Gasteiger partial charge >= 0.3 is 5.97 Å². The predicted molar refractivity (Wildman–Crippen MR) is 77.3 cm³/mol. The third kappa shape index (κ3) is 2.88. The topological polar surface area (TPSA) is 71.2 Å². The van der Waals surface area contributed by atoms with Crippen LogP contribution in [0.1, 0.15) is 17.4 Å². The molecule has 3 rings (SSSR count). The summed E-state index contributed by atoms with van der Waals surface area (Å²) < 4.78 is 1.78. The fourth-order valence-corrected chi connectivity index (χ4v) is 3.09. The minimum atomic E-state index is -0.943. The van der Waals surface area contributed by atoms with Crippen LogP contribution < -0.4 is 0 Å². The second kappa shape index (κ2) is 5.63. The van der Waals surface area contributed by atoms with Crippen molar-refractivity contribution in [3.05, 3.63) is 46.0 Å². The summed E-state index contributed by atoms with van der Waals surface area (Å²) in [6.45, 7) is 1.59. The van der Waals surface area contributed by atoms with E-state index in [0.29, 0.717) is 35.2 Å². The van der Waals surface area contributed by atoms with Crippen LogP contribution >= 0.6 is 23.2 Å². The van der Waals surface area contributed by atoms with Crippen LogP contribution in [-0.2, 0) is 17.9 Å². The minimum Gasteiger partial charge on any atom is -0.480 e. The molecule has 2 aromatic rings. The number of halogens is 2. The number of aromatic nitrogens is 3. The Morgan fingerprint density at radius 1 is 1.24 bits per heavy atom. The Balaban J connectivity index is 1.94. The lowest BCUT2D eigenvalue weighted by molar-refractivity contribution is -0.144. The van der Waals surface area contributed by atoms with Crippen molar-refractivity contribution in [2.75, 3.05) is 6.54 Å². The largest absolute Gasteiger partial charge is 0.480 e. The summed E-state index contributed by atoms with van der Waals surface area (Å²) in [6, 6.07) is 4.03. The molecule has 1 aromatic carbocycles. The molecule has 0 bridgehead atoms. The van der Waals surface area contributed by atoms with E-state index in [-0.39, 0.29) is 0 Å². The number of rotatable bonds is 3. The van der Waals surface area contributed by atoms with E-state index in [2.05, 4.69) is 10.1 Å². The third-order valence-electron chi connectivity index (χ3n) is 3.44. The number of carboxylic acids is 1. The molecule has 0 spiro atoms. The summed E-state index contributed by atoms with van der Waals surface area (Å²) in [6.07, 6.45) is 1.48. The summed E-state index contributed by atoms with van der Waals surface area (Å²) in [5, 5.41) is 14.5. The summed E-state index contributed by atoms with van der Waals surface area (Å²) in [5.74, 6) is -0.193. The van der Waals surface area contributed by atoms with Gasteiger partial charge in [0.2, 0.25) is 0 Å². The van der Waals surface area contributed by atoms with Gasteiger partial charge in [-0.2, -0.15) is 5.10 Å². The van der Waals surface area contributed by atoms with Crippen LogP contribution in [0.3, 0.4) is 0 Å². The van der Waals surface area contributed by atoms with Crippen molar-refractivity contribution in [2.24, 2.45) is 0 Å². The Morgan fingerprint density at radius 2 is 1.95 bits per heavy atom. The fraction of sp³-hybridized carbons (Fsp3) is 0.308. The summed E-state index contributed by atoms with van der Waals surface area (Å²) in [4.78, 5) is 17.7. The van der Waals surface area contributed by atoms with Crippen molar-refractivity contribution >= 4 is 29.2 Å². The van der Waals surface area contributed by atoms with Gasteiger partial charge in [-0.3, -0.25) is 9.69 Å². The smallest absolute Gasteiger partial charge is 0.325 e. The molecule has 1 aliphatic rings. The lowest BCUT2D eigenvalue weighted by atomic mass is 10.0. The SMILES string of the molecule is O=C(O)C(c1cc(Cl)cc(Cl)c1)N1CCn2ncnc2C1. The average molecular weight is 327 g/mol. The van der Waals surface area contributed by atoms with Crippen molar-refractivity contribution in [3.63, 3.8) is 0 Å². The highest BCUT2D eigenvalue weighted by Crippen LogP contribution is 2.29. The predicted octanol–water partition coefficient (Wildman–Crippen LogP) is 2.23. The lowest BCUT2D eigenvalue weighted by Crippen LogP contribution is -2.40. The molecule has 0 fully saturated rings. The van der Waals surface area contributed by atoms with Crippen LogP contribution in [0.4, 0.5) is 0 Å². The van der Waals surface area contributed by atoms with Gasteiger partial charge < -0.3 is 5.11 Å². The normalized spacial score (nSPS) is 16.5. The molecule has 1 atom stereocenters. The Labute approximate surface area is 130 Å². The molecular formula is C13H12Cl2N4O2. The fourth-order valence-electron chi connectivity index (χ4n) is 2.54. The third-order valence-corrected chi connectivity index (χ3v) is 3.88. The number of hydrogen-bond acceptors (Lipinski definition) is 4. The monoisotopic (exact) mass is 326 g/mol. The number of nitrogens with zero attached hydrogens (tertiary/aromatic N) is 4. The highest BCUT2D eigenvalue weighted by atomic mass is 35.5. The maximum Gasteiger partial charge on any atom is 0.325 e. The zero-order valence-corrected chi connectivity index (χ0v) is 12.4. The second-order valence-electron chi connectivity index (χ2n) is 4.81. The first-order valence-electron chi connectivity index (χ1n) is 6.34. The second-order valence-corrected chi connectivity index (χ2v) is 5.69. The Kier molecular flexibility index (Phi) is 3.84. The molecule has 0 saturated carbocycles. The number of hydrogen-bond donors (Lipinski definition) is 1. The lowest BCUT2D eigenvalue weighted by Gasteiger charge is -2.32. The van der Waals surface area contributed by atoms with Crippen LogP contribution in [-0.4, -0.2) is 37.3 Å². The maximum atomic E-state index is 11.7. The highest BCUT2D eigenvalue weighted by molar-refractivity contribution is 6.34. The van der Waals surface area contributed by atoms with E-state index < -0.39 is 12.0 Å². The number of fused-ring (bicyclic) bond motifs is 1. The first-order chi connectivity index (χ1) is 10.0. The minimum absolute atomic E-state index is 0.418. The van der Waals surface area contributed by atoms with Gasteiger partial charge in [-0.1, -0.05) is 23.2 Å². The Hall–Kier alpha value is -1.63. The van der Waals surface area contributed by atoms with E-state index in [9.17, 15) is 9.90 Å². The van der Waals surface area contributed by atoms with Gasteiger partial charge in [0.1, 0.15) is 18.2 Å². The van der Waals surface area contributed by atoms with E-state index in [1.807, 2.05) is 4.90 Å². The van der Waals surface area contributed by atoms with Crippen LogP contribution in [0, 0.1) is 0 Å². The van der Waals surface area contributed by atoms with Crippen LogP contribution in [0.25, 0.3) is 0 Å². The molecule has 2 heterocycles. The molecule has 1 N–H and O–H groups in total. The van der Waals surface area contributed by atoms with Crippen molar-refractivity contribution < 1.29 is 9.90 Å². The van der Waals surface area contributed by atoms with Crippen molar-refractivity contribution in [2.45, 2.75) is 19.1 Å². The molecular weight excluding hydrogens is 315 g/mol. The zero-order valence-electron chi connectivity index (χ0n) is 10.9. The van der Waals surface area contributed by atoms with E-state index in [4.69, 9.17) is 23.2 Å². The molecule has 8 heteroatoms. The van der Waals surface area contributed by atoms with Crippen molar-refractivity contribution in [3.8, 4) is 0 Å². The zero-order chi connectivity index (χ0) is 15.0. The van der Waals surface area contributed by atoms with Crippen LogP contribution in [0.2, 0.25) is 10.0 Å². The molecule has 1 aliphatic heterocycles. The molecule has 21 heavy (non-hydrogen) atoms. The van der Waals surface area contributed by atoms with Gasteiger partial charge in [0.05, 0.1) is 13.1 Å². The highest BCUT2D eigenvalue weighted by Gasteiger charge is 2.31. The van der Waals surface area contributed by atoms with Gasteiger partial charge in [-0.05, 0) is 23.8 Å². The molecule has 0 radical (unpaired) electrons. The molecule has 0 amide bonds. The maximum absolute atomic E-state index is 11.7. The number of carboxylic acid groups (broad SMARTS) is 1. The van der Waals surface area contributed by atoms with Gasteiger partial charge in [-0.25, -0.2) is 9.67 Å². The van der Waals surface area contributed by atoms with E-state index >= 15 is 0 Å². The first-order valence-corrected chi connectivity index (χ1v) is 7.10. The van der Waals surface area contributed by atoms with E-state index in [0.717, 1.165) is 5.82 Å². The van der Waals surface area contributed by atoms with Gasteiger partial charge in [0.15, 0.2) is 0 Å². The van der Waals surface area contributed by atoms with Crippen molar-refractivity contribution in [1.82, 2.24) is 19.7 Å². The Morgan fingerprint density at radius 3 is 2.62 bits per heavy atom. The Bertz CT molecular complexity index is 668. The van der Waals surface area contributed by atoms with Gasteiger partial charge in [0.25, 0.3) is 0 Å². The first kappa shape index (κ1) is 14.3. The van der Waals surface area contributed by atoms with Gasteiger partial charge in [0, 0.05) is 16.6 Å². The van der Waals surface area contributed by atoms with E-state index in [1.165, 1.54) is 6.33 Å². The summed E-state index contributed by atoms with van der Waals surface area (Å²) in [7, 11) is 0. The van der Waals surface area contributed by atoms with Crippen molar-refractivity contribution in [1.29, 1.82) is 0 Å². The molecule has 1 unspecified atom stereocenters. The summed E-state index contributed by atoms with van der Waals surface area (Å²) in [5.41, 5.74) is 0.563. The quantitative estimate of drug-likeness (QED) is 0.936. The molecule has 1 aromatic heterocycles. The number of carbonyl (C=O) groups is 1. The van der Waals surface area contributed by atoms with E-state index in [1.54, 1.807) is 22.9 Å². The number of aliphatic carboxylic acids is 1. The molecule has 6 nitrogen and oxygen atoms in total. The average Bonchev–Trinajstić information content (AvgIpc) is 2.84. The van der Waals surface area contributed by atoms with Gasteiger partial charge in [-0.15, -0.1) is 0 Å². The van der Waals surface area contributed by atoms with Crippen LogP contribution in [0.15, 0.2) is 24.5 Å². The molecule has 0 aliphatic carbocycles. The van der Waals surface area contributed by atoms with Crippen LogP contribution in [0.5, 0.6) is 0 Å².